The predicted molar refractivity (Wildman–Crippen MR) is 72.9 cm³/mol. The van der Waals surface area contributed by atoms with E-state index in [0.29, 0.717) is 0 Å². The van der Waals surface area contributed by atoms with Gasteiger partial charge in [0.2, 0.25) is 0 Å². The van der Waals surface area contributed by atoms with Gasteiger partial charge in [-0.25, -0.2) is 0 Å². The highest BCUT2D eigenvalue weighted by Crippen LogP contribution is 2.28. The minimum Gasteiger partial charge on any atom is -0.490 e. The molecule has 0 aliphatic carbocycles. The number of ether oxygens (including phenoxy) is 1. The van der Waals surface area contributed by atoms with Crippen LogP contribution in [0.1, 0.15) is 24.2 Å². The number of rotatable bonds is 5. The van der Waals surface area contributed by atoms with Gasteiger partial charge in [0.15, 0.2) is 5.75 Å². The summed E-state index contributed by atoms with van der Waals surface area (Å²) in [5, 5.41) is 20.6. The van der Waals surface area contributed by atoms with E-state index >= 15 is 0 Å². The first kappa shape index (κ1) is 15.9. The first-order chi connectivity index (χ1) is 9.15. The molecule has 0 fully saturated rings. The molecule has 0 saturated carbocycles. The monoisotopic (exact) mass is 282 g/mol. The summed E-state index contributed by atoms with van der Waals surface area (Å²) < 4.78 is 4.88. The summed E-state index contributed by atoms with van der Waals surface area (Å²) in [6.45, 7) is 3.27. The van der Waals surface area contributed by atoms with Crippen LogP contribution in [0, 0.1) is 10.1 Å². The molecule has 0 spiro atoms. The van der Waals surface area contributed by atoms with Crippen molar-refractivity contribution in [2.24, 2.45) is 0 Å². The van der Waals surface area contributed by atoms with Gasteiger partial charge in [0, 0.05) is 25.2 Å². The van der Waals surface area contributed by atoms with Crippen LogP contribution in [0.5, 0.6) is 5.75 Å². The Balaban J connectivity index is 3.05. The molecular weight excluding hydrogens is 264 g/mol. The summed E-state index contributed by atoms with van der Waals surface area (Å²) in [5.41, 5.74) is -1.14. The average Bonchev–Trinajstić information content (AvgIpc) is 2.34. The number of hydrogen-bond acceptors (Lipinski definition) is 5. The van der Waals surface area contributed by atoms with Crippen LogP contribution in [0.25, 0.3) is 0 Å². The second kappa shape index (κ2) is 5.87. The molecular formula is C13H18N2O5. The smallest absolute Gasteiger partial charge is 0.311 e. The first-order valence-corrected chi connectivity index (χ1v) is 5.96. The number of amides is 1. The van der Waals surface area contributed by atoms with Crippen LogP contribution in [0.3, 0.4) is 0 Å². The number of aliphatic hydroxyl groups is 1. The largest absolute Gasteiger partial charge is 0.490 e. The molecule has 0 aliphatic heterocycles. The molecule has 20 heavy (non-hydrogen) atoms. The molecule has 1 rings (SSSR count). The molecule has 0 aliphatic rings. The van der Waals surface area contributed by atoms with Crippen molar-refractivity contribution in [3.05, 3.63) is 33.9 Å². The fraction of sp³-hybridized carbons (Fsp3) is 0.462. The normalized spacial score (nSPS) is 11.1. The van der Waals surface area contributed by atoms with Gasteiger partial charge in [-0.05, 0) is 26.0 Å². The number of carbonyl (C=O) groups is 1. The van der Waals surface area contributed by atoms with Crippen molar-refractivity contribution in [1.29, 1.82) is 0 Å². The standard InChI is InChI=1S/C13H18N2O5/c1-13(2,17)8-14(3)12(16)9-5-6-11(20-4)10(7-9)15(18)19/h5-7,17H,8H2,1-4H3. The second-order valence-corrected chi connectivity index (χ2v) is 5.12. The number of nitro groups is 1. The molecule has 0 heterocycles. The van der Waals surface area contributed by atoms with Gasteiger partial charge in [-0.2, -0.15) is 0 Å². The Morgan fingerprint density at radius 2 is 2.10 bits per heavy atom. The number of likely N-dealkylation sites (N-methyl/N-ethyl adjacent to an activating group) is 1. The van der Waals surface area contributed by atoms with E-state index in [1.54, 1.807) is 13.8 Å². The van der Waals surface area contributed by atoms with E-state index in [9.17, 15) is 20.0 Å². The van der Waals surface area contributed by atoms with Gasteiger partial charge in [0.1, 0.15) is 0 Å². The fourth-order valence-corrected chi connectivity index (χ4v) is 1.84. The van der Waals surface area contributed by atoms with E-state index < -0.39 is 16.4 Å². The van der Waals surface area contributed by atoms with E-state index in [0.717, 1.165) is 0 Å². The molecule has 110 valence electrons. The molecule has 1 N–H and O–H groups in total. The third kappa shape index (κ3) is 3.92. The summed E-state index contributed by atoms with van der Waals surface area (Å²) in [6.07, 6.45) is 0. The lowest BCUT2D eigenvalue weighted by Crippen LogP contribution is -2.39. The third-order valence-corrected chi connectivity index (χ3v) is 2.59. The number of carbonyl (C=O) groups excluding carboxylic acids is 1. The van der Waals surface area contributed by atoms with Crippen LogP contribution in [-0.2, 0) is 0 Å². The van der Waals surface area contributed by atoms with Gasteiger partial charge < -0.3 is 14.7 Å². The summed E-state index contributed by atoms with van der Waals surface area (Å²) in [4.78, 5) is 23.8. The van der Waals surface area contributed by atoms with Crippen LogP contribution in [-0.4, -0.2) is 47.1 Å². The zero-order valence-electron chi connectivity index (χ0n) is 11.9. The lowest BCUT2D eigenvalue weighted by molar-refractivity contribution is -0.385. The van der Waals surface area contributed by atoms with Gasteiger partial charge in [-0.1, -0.05) is 0 Å². The number of nitrogens with zero attached hydrogens (tertiary/aromatic N) is 2. The molecule has 0 unspecified atom stereocenters. The van der Waals surface area contributed by atoms with Crippen molar-refractivity contribution < 1.29 is 19.6 Å². The number of methoxy groups -OCH3 is 1. The highest BCUT2D eigenvalue weighted by molar-refractivity contribution is 5.95. The number of hydrogen-bond donors (Lipinski definition) is 1. The molecule has 0 radical (unpaired) electrons. The Bertz CT molecular complexity index is 522. The Kier molecular flexibility index (Phi) is 4.67. The Hall–Kier alpha value is -2.15. The second-order valence-electron chi connectivity index (χ2n) is 5.12. The minimum atomic E-state index is -1.04. The highest BCUT2D eigenvalue weighted by atomic mass is 16.6. The molecule has 7 heteroatoms. The molecule has 0 atom stereocenters. The maximum absolute atomic E-state index is 12.1. The summed E-state index contributed by atoms with van der Waals surface area (Å²) in [5.74, 6) is -0.311. The van der Waals surface area contributed by atoms with Gasteiger partial charge >= 0.3 is 5.69 Å². The summed E-state index contributed by atoms with van der Waals surface area (Å²) in [7, 11) is 2.85. The van der Waals surface area contributed by atoms with Crippen molar-refractivity contribution in [2.45, 2.75) is 19.4 Å². The molecule has 1 amide bonds. The van der Waals surface area contributed by atoms with Crippen LogP contribution >= 0.6 is 0 Å². The molecule has 0 saturated heterocycles. The van der Waals surface area contributed by atoms with Crippen LogP contribution in [0.2, 0.25) is 0 Å². The van der Waals surface area contributed by atoms with Crippen LogP contribution in [0.4, 0.5) is 5.69 Å². The molecule has 7 nitrogen and oxygen atoms in total. The topological polar surface area (TPSA) is 92.9 Å². The molecule has 0 bridgehead atoms. The average molecular weight is 282 g/mol. The molecule has 0 aromatic heterocycles. The van der Waals surface area contributed by atoms with E-state index in [4.69, 9.17) is 4.74 Å². The van der Waals surface area contributed by atoms with Gasteiger partial charge in [-0.3, -0.25) is 14.9 Å². The maximum atomic E-state index is 12.1. The fourth-order valence-electron chi connectivity index (χ4n) is 1.84. The van der Waals surface area contributed by atoms with Crippen molar-refractivity contribution in [3.63, 3.8) is 0 Å². The summed E-state index contributed by atoms with van der Waals surface area (Å²) >= 11 is 0. The number of benzene rings is 1. The zero-order valence-corrected chi connectivity index (χ0v) is 11.9. The minimum absolute atomic E-state index is 0.0942. The molecule has 1 aromatic carbocycles. The summed E-state index contributed by atoms with van der Waals surface area (Å²) in [6, 6.07) is 4.00. The van der Waals surface area contributed by atoms with E-state index in [-0.39, 0.29) is 23.5 Å². The van der Waals surface area contributed by atoms with E-state index in [1.807, 2.05) is 0 Å². The molecule has 1 aromatic rings. The van der Waals surface area contributed by atoms with Crippen molar-refractivity contribution >= 4 is 11.6 Å². The Morgan fingerprint density at radius 1 is 1.50 bits per heavy atom. The van der Waals surface area contributed by atoms with E-state index in [1.165, 1.54) is 37.3 Å². The van der Waals surface area contributed by atoms with Gasteiger partial charge in [0.05, 0.1) is 17.6 Å². The Morgan fingerprint density at radius 3 is 2.55 bits per heavy atom. The number of nitro benzene ring substituents is 1. The Labute approximate surface area is 116 Å². The van der Waals surface area contributed by atoms with Gasteiger partial charge in [-0.15, -0.1) is 0 Å². The quantitative estimate of drug-likeness (QED) is 0.651. The van der Waals surface area contributed by atoms with Crippen LogP contribution < -0.4 is 4.74 Å². The third-order valence-electron chi connectivity index (χ3n) is 2.59. The maximum Gasteiger partial charge on any atom is 0.311 e. The zero-order chi connectivity index (χ0) is 15.5. The van der Waals surface area contributed by atoms with Crippen molar-refractivity contribution in [1.82, 2.24) is 4.90 Å². The van der Waals surface area contributed by atoms with E-state index in [2.05, 4.69) is 0 Å². The lowest BCUT2D eigenvalue weighted by Gasteiger charge is -2.25. The van der Waals surface area contributed by atoms with Crippen molar-refractivity contribution in [2.75, 3.05) is 20.7 Å². The van der Waals surface area contributed by atoms with Crippen molar-refractivity contribution in [3.8, 4) is 5.75 Å². The van der Waals surface area contributed by atoms with Gasteiger partial charge in [0.25, 0.3) is 5.91 Å². The first-order valence-electron chi connectivity index (χ1n) is 5.96. The lowest BCUT2D eigenvalue weighted by atomic mass is 10.1. The predicted octanol–water partition coefficient (Wildman–Crippen LogP) is 1.45. The highest BCUT2D eigenvalue weighted by Gasteiger charge is 2.23. The van der Waals surface area contributed by atoms with Crippen LogP contribution in [0.15, 0.2) is 18.2 Å². The SMILES string of the molecule is COc1ccc(C(=O)N(C)CC(C)(C)O)cc1[N+](=O)[O-].